The van der Waals surface area contributed by atoms with Gasteiger partial charge in [-0.05, 0) is 54.7 Å². The first-order valence-electron chi connectivity index (χ1n) is 6.81. The van der Waals surface area contributed by atoms with E-state index in [0.29, 0.717) is 11.5 Å². The van der Waals surface area contributed by atoms with Crippen LogP contribution in [0.25, 0.3) is 0 Å². The highest BCUT2D eigenvalue weighted by Gasteiger charge is 2.08. The fourth-order valence-electron chi connectivity index (χ4n) is 2.06. The van der Waals surface area contributed by atoms with E-state index in [0.717, 1.165) is 23.4 Å². The van der Waals surface area contributed by atoms with E-state index < -0.39 is 6.09 Å². The number of amides is 1. The Morgan fingerprint density at radius 3 is 2.55 bits per heavy atom. The summed E-state index contributed by atoms with van der Waals surface area (Å²) in [4.78, 5) is 10.8. The van der Waals surface area contributed by atoms with Crippen LogP contribution in [0.2, 0.25) is 5.02 Å². The van der Waals surface area contributed by atoms with Crippen molar-refractivity contribution >= 4 is 17.7 Å². The molecule has 0 saturated carbocycles. The van der Waals surface area contributed by atoms with E-state index in [1.807, 2.05) is 30.3 Å². The fourth-order valence-corrected chi connectivity index (χ4v) is 2.19. The Balaban J connectivity index is 1.95. The number of benzene rings is 2. The van der Waals surface area contributed by atoms with E-state index in [-0.39, 0.29) is 0 Å². The van der Waals surface area contributed by atoms with Gasteiger partial charge in [0.1, 0.15) is 0 Å². The smallest absolute Gasteiger partial charge is 0.410 e. The van der Waals surface area contributed by atoms with E-state index in [9.17, 15) is 4.79 Å². The van der Waals surface area contributed by atoms with E-state index >= 15 is 0 Å². The van der Waals surface area contributed by atoms with Crippen LogP contribution in [-0.2, 0) is 6.42 Å². The molecule has 2 aromatic rings. The lowest BCUT2D eigenvalue weighted by atomic mass is 10.0. The summed E-state index contributed by atoms with van der Waals surface area (Å²) in [5.41, 5.74) is 7.22. The van der Waals surface area contributed by atoms with Gasteiger partial charge in [-0.2, -0.15) is 0 Å². The molecule has 1 radical (unpaired) electrons. The number of aryl methyl sites for hydroxylation is 1. The molecule has 2 aromatic carbocycles. The topological polar surface area (TPSA) is 61.6 Å². The van der Waals surface area contributed by atoms with Gasteiger partial charge in [-0.1, -0.05) is 29.8 Å². The Hall–Kier alpha value is -2.20. The zero-order valence-electron chi connectivity index (χ0n) is 12.2. The first kappa shape index (κ1) is 16.2. The molecular weight excluding hydrogens is 302 g/mol. The Kier molecular flexibility index (Phi) is 5.67. The largest absolute Gasteiger partial charge is 0.493 e. The van der Waals surface area contributed by atoms with Gasteiger partial charge >= 0.3 is 6.09 Å². The van der Waals surface area contributed by atoms with Gasteiger partial charge in [0.25, 0.3) is 0 Å². The van der Waals surface area contributed by atoms with Crippen molar-refractivity contribution in [2.24, 2.45) is 5.73 Å². The average Bonchev–Trinajstić information content (AvgIpc) is 2.50. The molecule has 0 aromatic heterocycles. The quantitative estimate of drug-likeness (QED) is 0.876. The maximum absolute atomic E-state index is 10.8. The zero-order chi connectivity index (χ0) is 15.9. The highest BCUT2D eigenvalue weighted by atomic mass is 35.5. The van der Waals surface area contributed by atoms with Crippen LogP contribution in [0.1, 0.15) is 17.5 Å². The highest BCUT2D eigenvalue weighted by molar-refractivity contribution is 6.30. The molecule has 5 heteroatoms. The minimum absolute atomic E-state index is 0.310. The van der Waals surface area contributed by atoms with Crippen LogP contribution in [0.5, 0.6) is 11.5 Å². The SMILES string of the molecule is COc1cc([CH]CCc2ccc(Cl)cc2)ccc1OC(N)=O. The van der Waals surface area contributed by atoms with Crippen molar-refractivity contribution in [3.05, 3.63) is 65.0 Å². The number of methoxy groups -OCH3 is 1. The third-order valence-electron chi connectivity index (χ3n) is 3.12. The molecule has 0 aliphatic heterocycles. The standard InChI is InChI=1S/C17H17ClNO3/c1-21-16-11-13(7-10-15(16)22-17(19)20)4-2-3-12-5-8-14(18)9-6-12/h4-11H,2-3H2,1H3,(H2,19,20). The molecule has 0 heterocycles. The summed E-state index contributed by atoms with van der Waals surface area (Å²) in [5.74, 6) is 0.781. The summed E-state index contributed by atoms with van der Waals surface area (Å²) in [6, 6.07) is 13.1. The lowest BCUT2D eigenvalue weighted by molar-refractivity contribution is 0.208. The number of halogens is 1. The second kappa shape index (κ2) is 7.71. The van der Waals surface area contributed by atoms with Crippen molar-refractivity contribution in [2.75, 3.05) is 7.11 Å². The summed E-state index contributed by atoms with van der Waals surface area (Å²) in [7, 11) is 1.51. The molecule has 115 valence electrons. The molecule has 2 N–H and O–H groups in total. The van der Waals surface area contributed by atoms with Gasteiger partial charge in [0.15, 0.2) is 11.5 Å². The van der Waals surface area contributed by atoms with Crippen LogP contribution in [0.15, 0.2) is 42.5 Å². The van der Waals surface area contributed by atoms with Crippen LogP contribution < -0.4 is 15.2 Å². The predicted molar refractivity (Wildman–Crippen MR) is 86.4 cm³/mol. The molecular formula is C17H17ClNO3. The normalized spacial score (nSPS) is 10.3. The van der Waals surface area contributed by atoms with Crippen molar-refractivity contribution < 1.29 is 14.3 Å². The van der Waals surface area contributed by atoms with E-state index in [1.54, 1.807) is 12.1 Å². The van der Waals surface area contributed by atoms with Crippen LogP contribution in [0.4, 0.5) is 4.79 Å². The molecule has 4 nitrogen and oxygen atoms in total. The van der Waals surface area contributed by atoms with Crippen LogP contribution in [0, 0.1) is 6.42 Å². The van der Waals surface area contributed by atoms with Crippen molar-refractivity contribution in [2.45, 2.75) is 12.8 Å². The van der Waals surface area contributed by atoms with Crippen LogP contribution in [0.3, 0.4) is 0 Å². The molecule has 0 saturated heterocycles. The number of hydrogen-bond donors (Lipinski definition) is 1. The summed E-state index contributed by atoms with van der Waals surface area (Å²) in [6.45, 7) is 0. The lowest BCUT2D eigenvalue weighted by Crippen LogP contribution is -2.16. The zero-order valence-corrected chi connectivity index (χ0v) is 13.0. The first-order valence-corrected chi connectivity index (χ1v) is 7.19. The van der Waals surface area contributed by atoms with Gasteiger partial charge in [-0.15, -0.1) is 0 Å². The van der Waals surface area contributed by atoms with E-state index in [4.69, 9.17) is 26.8 Å². The molecule has 2 rings (SSSR count). The van der Waals surface area contributed by atoms with Gasteiger partial charge in [0.05, 0.1) is 7.11 Å². The van der Waals surface area contributed by atoms with Gasteiger partial charge in [-0.3, -0.25) is 0 Å². The Labute approximate surface area is 134 Å². The summed E-state index contributed by atoms with van der Waals surface area (Å²) in [5, 5.41) is 0.738. The van der Waals surface area contributed by atoms with Crippen molar-refractivity contribution in [3.63, 3.8) is 0 Å². The molecule has 1 amide bonds. The predicted octanol–water partition coefficient (Wildman–Crippen LogP) is 3.99. The number of carbonyl (C=O) groups excluding carboxylic acids is 1. The Morgan fingerprint density at radius 2 is 1.91 bits per heavy atom. The van der Waals surface area contributed by atoms with Crippen molar-refractivity contribution in [1.82, 2.24) is 0 Å². The molecule has 0 spiro atoms. The molecule has 22 heavy (non-hydrogen) atoms. The number of ether oxygens (including phenoxy) is 2. The third kappa shape index (κ3) is 4.67. The third-order valence-corrected chi connectivity index (χ3v) is 3.38. The molecule has 0 aliphatic rings. The number of carbonyl (C=O) groups is 1. The van der Waals surface area contributed by atoms with Gasteiger partial charge in [0, 0.05) is 5.02 Å². The molecule has 0 bridgehead atoms. The molecule has 0 atom stereocenters. The first-order chi connectivity index (χ1) is 10.6. The minimum Gasteiger partial charge on any atom is -0.493 e. The number of hydrogen-bond acceptors (Lipinski definition) is 3. The van der Waals surface area contributed by atoms with Crippen molar-refractivity contribution in [3.8, 4) is 11.5 Å². The van der Waals surface area contributed by atoms with Crippen LogP contribution >= 0.6 is 11.6 Å². The maximum Gasteiger partial charge on any atom is 0.410 e. The van der Waals surface area contributed by atoms with Gasteiger partial charge < -0.3 is 15.2 Å². The van der Waals surface area contributed by atoms with E-state index in [1.165, 1.54) is 12.7 Å². The minimum atomic E-state index is -0.863. The number of primary amides is 1. The molecule has 0 unspecified atom stereocenters. The average molecular weight is 319 g/mol. The molecule has 0 fully saturated rings. The van der Waals surface area contributed by atoms with Crippen LogP contribution in [-0.4, -0.2) is 13.2 Å². The maximum atomic E-state index is 10.8. The Bertz CT molecular complexity index is 641. The summed E-state index contributed by atoms with van der Waals surface area (Å²) < 4.78 is 10.1. The summed E-state index contributed by atoms with van der Waals surface area (Å²) >= 11 is 5.86. The monoisotopic (exact) mass is 318 g/mol. The van der Waals surface area contributed by atoms with Gasteiger partial charge in [0.2, 0.25) is 0 Å². The molecule has 0 aliphatic carbocycles. The van der Waals surface area contributed by atoms with Crippen molar-refractivity contribution in [1.29, 1.82) is 0 Å². The number of rotatable bonds is 6. The second-order valence-electron chi connectivity index (χ2n) is 4.70. The van der Waals surface area contributed by atoms with Gasteiger partial charge in [-0.25, -0.2) is 4.79 Å². The van der Waals surface area contributed by atoms with E-state index in [2.05, 4.69) is 6.42 Å². The highest BCUT2D eigenvalue weighted by Crippen LogP contribution is 2.29. The number of nitrogens with two attached hydrogens (primary N) is 1. The summed E-state index contributed by atoms with van der Waals surface area (Å²) in [6.07, 6.45) is 3.02. The Morgan fingerprint density at radius 1 is 1.18 bits per heavy atom. The lowest BCUT2D eigenvalue weighted by Gasteiger charge is -2.09. The second-order valence-corrected chi connectivity index (χ2v) is 5.14. The fraction of sp³-hybridized carbons (Fsp3) is 0.176.